The average molecular weight is 214 g/mol. The van der Waals surface area contributed by atoms with Crippen molar-refractivity contribution in [2.45, 2.75) is 19.3 Å². The maximum absolute atomic E-state index is 6.06. The molecule has 0 aromatic carbocycles. The molecule has 1 aliphatic carbocycles. The maximum Gasteiger partial charge on any atom is 0.146 e. The van der Waals surface area contributed by atoms with Crippen molar-refractivity contribution in [2.75, 3.05) is 0 Å². The molecular weight excluding hydrogens is 203 g/mol. The fraction of sp³-hybridized carbons (Fsp3) is 0.364. The van der Waals surface area contributed by atoms with Crippen LogP contribution in [0.1, 0.15) is 29.7 Å². The van der Waals surface area contributed by atoms with E-state index in [9.17, 15) is 0 Å². The van der Waals surface area contributed by atoms with E-state index in [1.807, 2.05) is 11.7 Å². The summed E-state index contributed by atoms with van der Waals surface area (Å²) in [6.45, 7) is 2.25. The minimum atomic E-state index is 0.580. The summed E-state index contributed by atoms with van der Waals surface area (Å²) in [7, 11) is 8.01. The minimum Gasteiger partial charge on any atom is -0.274 e. The van der Waals surface area contributed by atoms with Crippen LogP contribution < -0.4 is 0 Å². The van der Waals surface area contributed by atoms with Gasteiger partial charge in [0.25, 0.3) is 0 Å². The second kappa shape index (κ2) is 2.98. The first-order valence-corrected chi connectivity index (χ1v) is 5.90. The van der Waals surface area contributed by atoms with E-state index >= 15 is 0 Å². The molecule has 2 aromatic rings. The second-order valence-corrected chi connectivity index (χ2v) is 5.19. The minimum absolute atomic E-state index is 0.580. The summed E-state index contributed by atoms with van der Waals surface area (Å²) in [6.07, 6.45) is 5.24. The molecule has 1 aliphatic rings. The molecule has 0 N–H and O–H groups in total. The highest BCUT2D eigenvalue weighted by atomic mass is 32.1. The topological polar surface area (TPSA) is 17.8 Å². The third kappa shape index (κ3) is 1.21. The van der Waals surface area contributed by atoms with Gasteiger partial charge in [0, 0.05) is 23.5 Å². The van der Waals surface area contributed by atoms with Crippen molar-refractivity contribution >= 4 is 34.9 Å². The first-order chi connectivity index (χ1) is 7.16. The Morgan fingerprint density at radius 2 is 2.40 bits per heavy atom. The Labute approximate surface area is 94.0 Å². The summed E-state index contributed by atoms with van der Waals surface area (Å²) >= 11 is 1.78. The fourth-order valence-corrected chi connectivity index (χ4v) is 3.43. The van der Waals surface area contributed by atoms with Gasteiger partial charge in [0.2, 0.25) is 0 Å². The zero-order valence-corrected chi connectivity index (χ0v) is 9.64. The number of rotatable bonds is 0. The van der Waals surface area contributed by atoms with Gasteiger partial charge in [-0.05, 0) is 17.9 Å². The van der Waals surface area contributed by atoms with Crippen LogP contribution in [-0.4, -0.2) is 17.6 Å². The molecule has 0 saturated carbocycles. The smallest absolute Gasteiger partial charge is 0.146 e. The van der Waals surface area contributed by atoms with Crippen LogP contribution in [0, 0.1) is 0 Å². The van der Waals surface area contributed by atoms with Crippen molar-refractivity contribution in [3.05, 3.63) is 22.7 Å². The second-order valence-electron chi connectivity index (χ2n) is 4.16. The van der Waals surface area contributed by atoms with Crippen LogP contribution in [0.5, 0.6) is 0 Å². The van der Waals surface area contributed by atoms with Crippen LogP contribution in [0.3, 0.4) is 0 Å². The zero-order chi connectivity index (χ0) is 10.6. The van der Waals surface area contributed by atoms with E-state index in [-0.39, 0.29) is 0 Å². The number of fused-ring (bicyclic) bond motifs is 3. The molecule has 3 rings (SSSR count). The first kappa shape index (κ1) is 9.22. The molecule has 2 heterocycles. The van der Waals surface area contributed by atoms with Crippen LogP contribution in [0.25, 0.3) is 15.7 Å². The molecule has 1 unspecified atom stereocenters. The van der Waals surface area contributed by atoms with E-state index in [0.29, 0.717) is 5.92 Å². The molecule has 15 heavy (non-hydrogen) atoms. The molecule has 0 aliphatic heterocycles. The third-order valence-electron chi connectivity index (χ3n) is 2.94. The van der Waals surface area contributed by atoms with E-state index in [1.165, 1.54) is 15.8 Å². The van der Waals surface area contributed by atoms with Gasteiger partial charge in [0.05, 0.1) is 0 Å². The average Bonchev–Trinajstić information content (AvgIpc) is 2.67. The fourth-order valence-electron chi connectivity index (χ4n) is 2.16. The quantitative estimate of drug-likeness (QED) is 0.616. The normalized spacial score (nSPS) is 20.4. The summed E-state index contributed by atoms with van der Waals surface area (Å²) in [4.78, 5) is 2.50. The van der Waals surface area contributed by atoms with Gasteiger partial charge in [-0.15, -0.1) is 11.3 Å². The van der Waals surface area contributed by atoms with Gasteiger partial charge in [0.1, 0.15) is 12.7 Å². The first-order valence-electron chi connectivity index (χ1n) is 5.09. The lowest BCUT2D eigenvalue weighted by molar-refractivity contribution is 0.778. The van der Waals surface area contributed by atoms with Gasteiger partial charge in [0.15, 0.2) is 0 Å². The number of hydrogen-bond donors (Lipinski definition) is 0. The summed E-state index contributed by atoms with van der Waals surface area (Å²) in [6, 6.07) is 0. The van der Waals surface area contributed by atoms with Crippen LogP contribution >= 0.6 is 11.3 Å². The Balaban J connectivity index is 2.38. The Bertz CT molecular complexity index is 564. The predicted molar refractivity (Wildman–Crippen MR) is 65.4 cm³/mol. The van der Waals surface area contributed by atoms with Gasteiger partial charge in [-0.25, -0.2) is 0 Å². The van der Waals surface area contributed by atoms with Crippen LogP contribution in [0.15, 0.2) is 12.3 Å². The lowest BCUT2D eigenvalue weighted by Gasteiger charge is -2.17. The van der Waals surface area contributed by atoms with Gasteiger partial charge < -0.3 is 0 Å². The van der Waals surface area contributed by atoms with E-state index in [4.69, 9.17) is 7.85 Å². The number of hydrogen-bond acceptors (Lipinski definition) is 2. The summed E-state index contributed by atoms with van der Waals surface area (Å²) in [5.41, 5.74) is 2.14. The summed E-state index contributed by atoms with van der Waals surface area (Å²) in [5.74, 6) is 0.580. The van der Waals surface area contributed by atoms with Crippen LogP contribution in [-0.2, 0) is 7.05 Å². The van der Waals surface area contributed by atoms with Gasteiger partial charge in [-0.3, -0.25) is 4.68 Å². The monoisotopic (exact) mass is 214 g/mol. The number of thiophene rings is 1. The number of aromatic nitrogens is 2. The molecule has 0 fully saturated rings. The Hall–Kier alpha value is -1.03. The van der Waals surface area contributed by atoms with Crippen molar-refractivity contribution < 1.29 is 0 Å². The van der Waals surface area contributed by atoms with Gasteiger partial charge in [-0.2, -0.15) is 5.10 Å². The largest absolute Gasteiger partial charge is 0.274 e. The number of nitrogens with zero attached hydrogens (tertiary/aromatic N) is 2. The highest BCUT2D eigenvalue weighted by Crippen LogP contribution is 2.42. The van der Waals surface area contributed by atoms with E-state index in [1.54, 1.807) is 11.3 Å². The molecule has 2 aromatic heterocycles. The zero-order valence-electron chi connectivity index (χ0n) is 8.82. The molecule has 2 nitrogen and oxygen atoms in total. The molecule has 74 valence electrons. The molecule has 2 radical (unpaired) electrons. The van der Waals surface area contributed by atoms with Gasteiger partial charge in [-0.1, -0.05) is 18.5 Å². The third-order valence-corrected chi connectivity index (χ3v) is 4.27. The Morgan fingerprint density at radius 3 is 3.20 bits per heavy atom. The molecule has 0 bridgehead atoms. The molecule has 1 atom stereocenters. The van der Waals surface area contributed by atoms with Crippen molar-refractivity contribution in [3.63, 3.8) is 0 Å². The predicted octanol–water partition coefficient (Wildman–Crippen LogP) is 2.65. The van der Waals surface area contributed by atoms with Crippen molar-refractivity contribution in [1.82, 2.24) is 9.78 Å². The summed E-state index contributed by atoms with van der Waals surface area (Å²) in [5, 5.41) is 5.65. The number of aryl methyl sites for hydroxylation is 1. The molecular formula is C11H11BN2S. The van der Waals surface area contributed by atoms with E-state index < -0.39 is 0 Å². The lowest BCUT2D eigenvalue weighted by atomic mass is 9.79. The van der Waals surface area contributed by atoms with Crippen molar-refractivity contribution in [1.29, 1.82) is 0 Å². The van der Waals surface area contributed by atoms with E-state index in [0.717, 1.165) is 16.7 Å². The Kier molecular flexibility index (Phi) is 1.83. The van der Waals surface area contributed by atoms with Crippen molar-refractivity contribution in [3.8, 4) is 0 Å². The molecule has 0 saturated heterocycles. The van der Waals surface area contributed by atoms with Crippen LogP contribution in [0.4, 0.5) is 0 Å². The molecule has 0 spiro atoms. The molecule has 4 heteroatoms. The SMILES string of the molecule is [B]C1=CCC(C)c2sc3nn(C)cc3c21. The maximum atomic E-state index is 6.06. The number of allylic oxidation sites excluding steroid dienone is 1. The van der Waals surface area contributed by atoms with Crippen LogP contribution in [0.2, 0.25) is 0 Å². The lowest BCUT2D eigenvalue weighted by Crippen LogP contribution is -2.00. The Morgan fingerprint density at radius 1 is 1.60 bits per heavy atom. The van der Waals surface area contributed by atoms with E-state index in [2.05, 4.69) is 24.3 Å². The van der Waals surface area contributed by atoms with Crippen molar-refractivity contribution in [2.24, 2.45) is 7.05 Å². The summed E-state index contributed by atoms with van der Waals surface area (Å²) < 4.78 is 1.86. The standard InChI is InChI=1S/C11H11BN2S/c1-6-3-4-8(12)9-7-5-14(2)13-11(7)15-10(6)9/h4-6H,3H2,1-2H3. The molecule has 0 amide bonds. The highest BCUT2D eigenvalue weighted by molar-refractivity contribution is 7.19. The highest BCUT2D eigenvalue weighted by Gasteiger charge is 2.22. The van der Waals surface area contributed by atoms with Gasteiger partial charge >= 0.3 is 0 Å².